The molecule has 3 rings (SSSR count). The summed E-state index contributed by atoms with van der Waals surface area (Å²) < 4.78 is 26.7. The van der Waals surface area contributed by atoms with Crippen molar-refractivity contribution < 1.29 is 13.2 Å². The summed E-state index contributed by atoms with van der Waals surface area (Å²) in [5.74, 6) is -0.00806. The van der Waals surface area contributed by atoms with Gasteiger partial charge in [0, 0.05) is 51.1 Å². The van der Waals surface area contributed by atoms with Gasteiger partial charge in [-0.2, -0.15) is 0 Å². The van der Waals surface area contributed by atoms with Gasteiger partial charge in [0.25, 0.3) is 0 Å². The third kappa shape index (κ3) is 7.40. The first kappa shape index (κ1) is 22.2. The first-order valence-corrected chi connectivity index (χ1v) is 11.8. The van der Waals surface area contributed by atoms with Crippen molar-refractivity contribution in [2.75, 3.05) is 32.7 Å². The number of amides is 1. The Labute approximate surface area is 179 Å². The summed E-state index contributed by atoms with van der Waals surface area (Å²) >= 11 is 0. The summed E-state index contributed by atoms with van der Waals surface area (Å²) in [6, 6.07) is 19.6. The van der Waals surface area contributed by atoms with Gasteiger partial charge < -0.3 is 4.90 Å². The Balaban J connectivity index is 1.42. The van der Waals surface area contributed by atoms with E-state index in [0.717, 1.165) is 37.0 Å². The Morgan fingerprint density at radius 3 is 2.37 bits per heavy atom. The molecular formula is C23H29N3O3S. The molecule has 1 amide bonds. The highest BCUT2D eigenvalue weighted by molar-refractivity contribution is 7.92. The molecule has 2 aromatic carbocycles. The molecule has 0 bridgehead atoms. The molecule has 1 aliphatic heterocycles. The molecule has 2 aromatic rings. The second-order valence-electron chi connectivity index (χ2n) is 7.40. The summed E-state index contributed by atoms with van der Waals surface area (Å²) in [5.41, 5.74) is 2.08. The summed E-state index contributed by atoms with van der Waals surface area (Å²) in [6.07, 6.45) is 2.63. The lowest BCUT2D eigenvalue weighted by Crippen LogP contribution is -2.37. The molecule has 0 unspecified atom stereocenters. The number of benzene rings is 2. The van der Waals surface area contributed by atoms with Crippen molar-refractivity contribution in [2.24, 2.45) is 0 Å². The standard InChI is InChI=1S/C23H29N3O3S/c27-23(12-14-24-30(28,29)19-13-21-8-3-1-4-9-21)26-16-7-15-25(17-18-26)20-22-10-5-2-6-11-22/h1-6,8-11,13,19,24H,7,12,14-18,20H2. The Morgan fingerprint density at radius 2 is 1.63 bits per heavy atom. The Morgan fingerprint density at radius 1 is 0.933 bits per heavy atom. The molecule has 160 valence electrons. The monoisotopic (exact) mass is 427 g/mol. The maximum atomic E-state index is 12.5. The second kappa shape index (κ2) is 11.1. The average Bonchev–Trinajstić information content (AvgIpc) is 2.99. The lowest BCUT2D eigenvalue weighted by molar-refractivity contribution is -0.130. The third-order valence-electron chi connectivity index (χ3n) is 5.07. The van der Waals surface area contributed by atoms with Crippen molar-refractivity contribution in [2.45, 2.75) is 19.4 Å². The minimum absolute atomic E-state index is 0.00806. The SMILES string of the molecule is O=C(CCNS(=O)(=O)C=Cc1ccccc1)N1CCCN(Cc2ccccc2)CC1. The highest BCUT2D eigenvalue weighted by atomic mass is 32.2. The van der Waals surface area contributed by atoms with Crippen molar-refractivity contribution in [1.82, 2.24) is 14.5 Å². The minimum atomic E-state index is -3.57. The van der Waals surface area contributed by atoms with Crippen molar-refractivity contribution >= 4 is 22.0 Å². The average molecular weight is 428 g/mol. The lowest BCUT2D eigenvalue weighted by atomic mass is 10.2. The first-order valence-electron chi connectivity index (χ1n) is 10.3. The van der Waals surface area contributed by atoms with Crippen LogP contribution in [0.3, 0.4) is 0 Å². The molecule has 1 heterocycles. The maximum absolute atomic E-state index is 12.5. The summed E-state index contributed by atoms with van der Waals surface area (Å²) in [6.45, 7) is 4.15. The fraction of sp³-hybridized carbons (Fsp3) is 0.348. The number of nitrogens with one attached hydrogen (secondary N) is 1. The number of carbonyl (C=O) groups is 1. The van der Waals surface area contributed by atoms with Crippen LogP contribution in [0.2, 0.25) is 0 Å². The van der Waals surface area contributed by atoms with Gasteiger partial charge in [0.1, 0.15) is 0 Å². The van der Waals surface area contributed by atoms with E-state index in [1.54, 1.807) is 6.08 Å². The Bertz CT molecular complexity index is 931. The van der Waals surface area contributed by atoms with Gasteiger partial charge in [-0.05, 0) is 23.6 Å². The van der Waals surface area contributed by atoms with E-state index in [1.165, 1.54) is 5.56 Å². The summed E-state index contributed by atoms with van der Waals surface area (Å²) in [7, 11) is -3.57. The number of rotatable bonds is 8. The van der Waals surface area contributed by atoms with Crippen LogP contribution in [0.25, 0.3) is 6.08 Å². The van der Waals surface area contributed by atoms with Gasteiger partial charge in [0.2, 0.25) is 15.9 Å². The molecule has 0 saturated carbocycles. The number of hydrogen-bond acceptors (Lipinski definition) is 4. The molecule has 1 aliphatic rings. The van der Waals surface area contributed by atoms with E-state index >= 15 is 0 Å². The topological polar surface area (TPSA) is 69.7 Å². The molecule has 0 aromatic heterocycles. The van der Waals surface area contributed by atoms with E-state index in [-0.39, 0.29) is 18.9 Å². The predicted octanol–water partition coefficient (Wildman–Crippen LogP) is 2.70. The van der Waals surface area contributed by atoms with Crippen molar-refractivity contribution in [1.29, 1.82) is 0 Å². The van der Waals surface area contributed by atoms with E-state index in [4.69, 9.17) is 0 Å². The summed E-state index contributed by atoms with van der Waals surface area (Å²) in [5, 5.41) is 1.14. The molecule has 1 saturated heterocycles. The van der Waals surface area contributed by atoms with Crippen LogP contribution < -0.4 is 4.72 Å². The molecule has 0 radical (unpaired) electrons. The highest BCUT2D eigenvalue weighted by Crippen LogP contribution is 2.10. The fourth-order valence-electron chi connectivity index (χ4n) is 3.46. The first-order chi connectivity index (χ1) is 14.5. The molecule has 7 heteroatoms. The molecule has 1 fully saturated rings. The molecule has 6 nitrogen and oxygen atoms in total. The fourth-order valence-corrected chi connectivity index (χ4v) is 4.28. The predicted molar refractivity (Wildman–Crippen MR) is 120 cm³/mol. The Hall–Kier alpha value is -2.48. The Kier molecular flexibility index (Phi) is 8.19. The van der Waals surface area contributed by atoms with Crippen LogP contribution in [0.5, 0.6) is 0 Å². The second-order valence-corrected chi connectivity index (χ2v) is 9.05. The zero-order valence-corrected chi connectivity index (χ0v) is 17.9. The molecule has 1 N–H and O–H groups in total. The van der Waals surface area contributed by atoms with Crippen LogP contribution in [0.1, 0.15) is 24.0 Å². The summed E-state index contributed by atoms with van der Waals surface area (Å²) in [4.78, 5) is 16.7. The normalized spacial score (nSPS) is 15.9. The van der Waals surface area contributed by atoms with Gasteiger partial charge in [-0.1, -0.05) is 60.7 Å². The van der Waals surface area contributed by atoms with Crippen LogP contribution in [-0.4, -0.2) is 56.8 Å². The van der Waals surface area contributed by atoms with E-state index in [0.29, 0.717) is 13.1 Å². The van der Waals surface area contributed by atoms with Gasteiger partial charge >= 0.3 is 0 Å². The van der Waals surface area contributed by atoms with Crippen LogP contribution in [-0.2, 0) is 21.4 Å². The van der Waals surface area contributed by atoms with Gasteiger partial charge in [-0.3, -0.25) is 9.69 Å². The third-order valence-corrected chi connectivity index (χ3v) is 6.17. The zero-order chi connectivity index (χ0) is 21.2. The van der Waals surface area contributed by atoms with E-state index in [9.17, 15) is 13.2 Å². The smallest absolute Gasteiger partial charge is 0.233 e. The van der Waals surface area contributed by atoms with Crippen molar-refractivity contribution in [3.8, 4) is 0 Å². The number of carbonyl (C=O) groups excluding carboxylic acids is 1. The largest absolute Gasteiger partial charge is 0.341 e. The molecule has 0 aliphatic carbocycles. The highest BCUT2D eigenvalue weighted by Gasteiger charge is 2.19. The van der Waals surface area contributed by atoms with Crippen LogP contribution in [0.15, 0.2) is 66.1 Å². The number of sulfonamides is 1. The molecule has 0 spiro atoms. The van der Waals surface area contributed by atoms with Crippen LogP contribution >= 0.6 is 0 Å². The van der Waals surface area contributed by atoms with Crippen LogP contribution in [0.4, 0.5) is 0 Å². The lowest BCUT2D eigenvalue weighted by Gasteiger charge is -2.22. The quantitative estimate of drug-likeness (QED) is 0.703. The van der Waals surface area contributed by atoms with Gasteiger partial charge in [-0.15, -0.1) is 0 Å². The van der Waals surface area contributed by atoms with Crippen molar-refractivity contribution in [3.05, 3.63) is 77.2 Å². The molecular weight excluding hydrogens is 398 g/mol. The minimum Gasteiger partial charge on any atom is -0.341 e. The van der Waals surface area contributed by atoms with Crippen molar-refractivity contribution in [3.63, 3.8) is 0 Å². The molecule has 0 atom stereocenters. The van der Waals surface area contributed by atoms with E-state index in [2.05, 4.69) is 21.8 Å². The zero-order valence-electron chi connectivity index (χ0n) is 17.1. The van der Waals surface area contributed by atoms with Crippen LogP contribution in [0, 0.1) is 0 Å². The number of hydrogen-bond donors (Lipinski definition) is 1. The molecule has 30 heavy (non-hydrogen) atoms. The van der Waals surface area contributed by atoms with Gasteiger partial charge in [0.15, 0.2) is 0 Å². The maximum Gasteiger partial charge on any atom is 0.233 e. The number of nitrogens with zero attached hydrogens (tertiary/aromatic N) is 2. The van der Waals surface area contributed by atoms with E-state index in [1.807, 2.05) is 53.4 Å². The van der Waals surface area contributed by atoms with E-state index < -0.39 is 10.0 Å². The van der Waals surface area contributed by atoms with Gasteiger partial charge in [-0.25, -0.2) is 13.1 Å². The van der Waals surface area contributed by atoms with Gasteiger partial charge in [0.05, 0.1) is 0 Å².